The van der Waals surface area contributed by atoms with Crippen molar-refractivity contribution in [2.75, 3.05) is 5.32 Å². The molecule has 0 bridgehead atoms. The molecule has 0 amide bonds. The second kappa shape index (κ2) is 6.00. The van der Waals surface area contributed by atoms with Gasteiger partial charge in [-0.1, -0.05) is 25.1 Å². The fourth-order valence-corrected chi connectivity index (χ4v) is 3.34. The molecule has 0 radical (unpaired) electrons. The van der Waals surface area contributed by atoms with E-state index >= 15 is 0 Å². The Morgan fingerprint density at radius 1 is 1.40 bits per heavy atom. The van der Waals surface area contributed by atoms with Crippen LogP contribution in [-0.2, 0) is 19.4 Å². The van der Waals surface area contributed by atoms with E-state index in [0.29, 0.717) is 6.04 Å². The number of hydrogen-bond acceptors (Lipinski definition) is 2. The number of anilines is 1. The van der Waals surface area contributed by atoms with E-state index in [-0.39, 0.29) is 0 Å². The van der Waals surface area contributed by atoms with Gasteiger partial charge in [-0.2, -0.15) is 5.10 Å². The van der Waals surface area contributed by atoms with Gasteiger partial charge in [0.25, 0.3) is 0 Å². The third-order valence-corrected chi connectivity index (χ3v) is 4.57. The van der Waals surface area contributed by atoms with E-state index in [2.05, 4.69) is 62.2 Å². The fraction of sp³-hybridized carbons (Fsp3) is 0.438. The lowest BCUT2D eigenvalue weighted by molar-refractivity contribution is 0.541. The summed E-state index contributed by atoms with van der Waals surface area (Å²) in [6.45, 7) is 3.18. The van der Waals surface area contributed by atoms with Crippen molar-refractivity contribution in [3.63, 3.8) is 0 Å². The van der Waals surface area contributed by atoms with Gasteiger partial charge in [-0.15, -0.1) is 0 Å². The Bertz CT molecular complexity index is 591. The first kappa shape index (κ1) is 13.7. The number of rotatable bonds is 4. The van der Waals surface area contributed by atoms with E-state index in [9.17, 15) is 0 Å². The van der Waals surface area contributed by atoms with Crippen molar-refractivity contribution in [3.05, 3.63) is 46.2 Å². The molecule has 20 heavy (non-hydrogen) atoms. The first-order chi connectivity index (χ1) is 9.78. The second-order valence-electron chi connectivity index (χ2n) is 5.40. The maximum Gasteiger partial charge on any atom is 0.0635 e. The normalized spacial score (nSPS) is 17.6. The summed E-state index contributed by atoms with van der Waals surface area (Å²) < 4.78 is 3.26. The van der Waals surface area contributed by atoms with Crippen LogP contribution in [0.3, 0.4) is 0 Å². The van der Waals surface area contributed by atoms with E-state index in [4.69, 9.17) is 0 Å². The standard InChI is InChI=1S/C16H20BrN3/c1-2-9-20-16(14(17)11-18-20)10-13-8-7-12-5-3-4-6-15(12)19-13/h3-6,11,13,19H,2,7-10H2,1H3. The topological polar surface area (TPSA) is 29.9 Å². The quantitative estimate of drug-likeness (QED) is 0.915. The number of nitrogens with one attached hydrogen (secondary N) is 1. The molecule has 1 aromatic heterocycles. The van der Waals surface area contributed by atoms with Crippen molar-refractivity contribution >= 4 is 21.6 Å². The number of hydrogen-bond donors (Lipinski definition) is 1. The Balaban J connectivity index is 1.75. The van der Waals surface area contributed by atoms with Gasteiger partial charge in [-0.25, -0.2) is 0 Å². The molecule has 2 aromatic rings. The summed E-state index contributed by atoms with van der Waals surface area (Å²) in [5.74, 6) is 0. The van der Waals surface area contributed by atoms with Crippen LogP contribution in [0.4, 0.5) is 5.69 Å². The summed E-state index contributed by atoms with van der Waals surface area (Å²) in [6, 6.07) is 9.11. The fourth-order valence-electron chi connectivity index (χ4n) is 2.88. The third kappa shape index (κ3) is 2.75. The van der Waals surface area contributed by atoms with Crippen LogP contribution in [0.1, 0.15) is 31.0 Å². The molecule has 3 nitrogen and oxygen atoms in total. The highest BCUT2D eigenvalue weighted by Gasteiger charge is 2.20. The molecule has 0 saturated carbocycles. The van der Waals surface area contributed by atoms with Crippen LogP contribution in [0.2, 0.25) is 0 Å². The van der Waals surface area contributed by atoms with E-state index in [1.807, 2.05) is 6.20 Å². The van der Waals surface area contributed by atoms with Gasteiger partial charge in [0.1, 0.15) is 0 Å². The molecule has 4 heteroatoms. The van der Waals surface area contributed by atoms with Gasteiger partial charge in [0.2, 0.25) is 0 Å². The first-order valence-corrected chi connectivity index (χ1v) is 8.12. The Morgan fingerprint density at radius 3 is 3.10 bits per heavy atom. The molecular formula is C16H20BrN3. The molecule has 1 N–H and O–H groups in total. The number of nitrogens with zero attached hydrogens (tertiary/aromatic N) is 2. The number of fused-ring (bicyclic) bond motifs is 1. The molecule has 0 saturated heterocycles. The van der Waals surface area contributed by atoms with E-state index in [1.165, 1.54) is 23.4 Å². The molecular weight excluding hydrogens is 314 g/mol. The number of aromatic nitrogens is 2. The number of para-hydroxylation sites is 1. The largest absolute Gasteiger partial charge is 0.382 e. The van der Waals surface area contributed by atoms with Crippen molar-refractivity contribution in [2.45, 2.75) is 45.2 Å². The summed E-state index contributed by atoms with van der Waals surface area (Å²) in [5.41, 5.74) is 4.04. The predicted molar refractivity (Wildman–Crippen MR) is 86.1 cm³/mol. The zero-order valence-electron chi connectivity index (χ0n) is 11.8. The minimum Gasteiger partial charge on any atom is -0.382 e. The van der Waals surface area contributed by atoms with Gasteiger partial charge < -0.3 is 5.32 Å². The number of aryl methyl sites for hydroxylation is 2. The van der Waals surface area contributed by atoms with Crippen LogP contribution >= 0.6 is 15.9 Å². The van der Waals surface area contributed by atoms with Gasteiger partial charge in [0.05, 0.1) is 16.4 Å². The van der Waals surface area contributed by atoms with Crippen LogP contribution in [-0.4, -0.2) is 15.8 Å². The van der Waals surface area contributed by atoms with Crippen molar-refractivity contribution in [2.24, 2.45) is 0 Å². The monoisotopic (exact) mass is 333 g/mol. The van der Waals surface area contributed by atoms with Crippen molar-refractivity contribution < 1.29 is 0 Å². The van der Waals surface area contributed by atoms with Crippen molar-refractivity contribution in [3.8, 4) is 0 Å². The molecule has 0 spiro atoms. The summed E-state index contributed by atoms with van der Waals surface area (Å²) in [4.78, 5) is 0. The molecule has 1 atom stereocenters. The zero-order valence-corrected chi connectivity index (χ0v) is 13.4. The molecule has 3 rings (SSSR count). The lowest BCUT2D eigenvalue weighted by Crippen LogP contribution is -2.28. The maximum absolute atomic E-state index is 4.46. The van der Waals surface area contributed by atoms with Crippen LogP contribution in [0.25, 0.3) is 0 Å². The van der Waals surface area contributed by atoms with Crippen LogP contribution in [0.5, 0.6) is 0 Å². The van der Waals surface area contributed by atoms with Gasteiger partial charge in [0.15, 0.2) is 0 Å². The van der Waals surface area contributed by atoms with Gasteiger partial charge in [0, 0.05) is 24.7 Å². The van der Waals surface area contributed by atoms with Gasteiger partial charge in [-0.05, 0) is 46.8 Å². The highest BCUT2D eigenvalue weighted by atomic mass is 79.9. The molecule has 0 aliphatic carbocycles. The Kier molecular flexibility index (Phi) is 4.10. The van der Waals surface area contributed by atoms with Crippen molar-refractivity contribution in [1.82, 2.24) is 9.78 Å². The minimum atomic E-state index is 0.494. The highest BCUT2D eigenvalue weighted by Crippen LogP contribution is 2.27. The number of benzene rings is 1. The predicted octanol–water partition coefficient (Wildman–Crippen LogP) is 4.03. The molecule has 1 aliphatic rings. The van der Waals surface area contributed by atoms with Crippen LogP contribution in [0, 0.1) is 0 Å². The van der Waals surface area contributed by atoms with Gasteiger partial charge >= 0.3 is 0 Å². The molecule has 0 fully saturated rings. The summed E-state index contributed by atoms with van der Waals surface area (Å²) in [7, 11) is 0. The van der Waals surface area contributed by atoms with E-state index < -0.39 is 0 Å². The zero-order chi connectivity index (χ0) is 13.9. The average Bonchev–Trinajstić information content (AvgIpc) is 2.81. The summed E-state index contributed by atoms with van der Waals surface area (Å²) in [5, 5.41) is 8.13. The smallest absolute Gasteiger partial charge is 0.0635 e. The molecule has 1 aromatic carbocycles. The molecule has 1 unspecified atom stereocenters. The molecule has 106 valence electrons. The lowest BCUT2D eigenvalue weighted by Gasteiger charge is -2.27. The Hall–Kier alpha value is -1.29. The molecule has 1 aliphatic heterocycles. The van der Waals surface area contributed by atoms with Crippen molar-refractivity contribution in [1.29, 1.82) is 0 Å². The average molecular weight is 334 g/mol. The minimum absolute atomic E-state index is 0.494. The van der Waals surface area contributed by atoms with E-state index in [1.54, 1.807) is 0 Å². The SMILES string of the molecule is CCCn1ncc(Br)c1CC1CCc2ccccc2N1. The maximum atomic E-state index is 4.46. The second-order valence-corrected chi connectivity index (χ2v) is 6.26. The lowest BCUT2D eigenvalue weighted by atomic mass is 9.95. The summed E-state index contributed by atoms with van der Waals surface area (Å²) >= 11 is 3.63. The Morgan fingerprint density at radius 2 is 2.25 bits per heavy atom. The Labute approximate surface area is 128 Å². The highest BCUT2D eigenvalue weighted by molar-refractivity contribution is 9.10. The number of halogens is 1. The van der Waals surface area contributed by atoms with Crippen LogP contribution in [0.15, 0.2) is 34.9 Å². The molecule has 2 heterocycles. The van der Waals surface area contributed by atoms with Gasteiger partial charge in [-0.3, -0.25) is 4.68 Å². The van der Waals surface area contributed by atoms with E-state index in [0.717, 1.165) is 30.3 Å². The first-order valence-electron chi connectivity index (χ1n) is 7.32. The third-order valence-electron chi connectivity index (χ3n) is 3.91. The van der Waals surface area contributed by atoms with Crippen LogP contribution < -0.4 is 5.32 Å². The summed E-state index contributed by atoms with van der Waals surface area (Å²) in [6.07, 6.45) is 6.40.